The Morgan fingerprint density at radius 3 is 2.18 bits per heavy atom. The molecule has 102 valence electrons. The van der Waals surface area contributed by atoms with Crippen LogP contribution in [0, 0.1) is 5.92 Å². The summed E-state index contributed by atoms with van der Waals surface area (Å²) in [6, 6.07) is -0.644. The Kier molecular flexibility index (Phi) is 6.26. The molecular weight excluding hydrogens is 259 g/mol. The largest absolute Gasteiger partial charge is 0.480 e. The van der Waals surface area contributed by atoms with Gasteiger partial charge in [0.05, 0.1) is 5.92 Å². The molecule has 0 aromatic heterocycles. The number of alkyl halides is 3. The van der Waals surface area contributed by atoms with E-state index in [0.29, 0.717) is 6.42 Å². The second kappa shape index (κ2) is 6.44. The van der Waals surface area contributed by atoms with Crippen LogP contribution in [0.1, 0.15) is 26.2 Å². The summed E-state index contributed by atoms with van der Waals surface area (Å²) in [6.07, 6.45) is -3.70. The number of aliphatic carboxylic acids is 1. The maximum atomic E-state index is 12.4. The highest BCUT2D eigenvalue weighted by atomic mass is 35.5. The molecule has 0 aromatic carbocycles. The van der Waals surface area contributed by atoms with Gasteiger partial charge in [-0.1, -0.05) is 6.92 Å². The van der Waals surface area contributed by atoms with Gasteiger partial charge in [-0.3, -0.25) is 9.69 Å². The summed E-state index contributed by atoms with van der Waals surface area (Å²) in [4.78, 5) is 12.5. The maximum Gasteiger partial charge on any atom is 0.391 e. The number of likely N-dealkylation sites (tertiary alicyclic amines) is 1. The van der Waals surface area contributed by atoms with E-state index in [1.54, 1.807) is 11.8 Å². The Hall–Kier alpha value is -0.490. The number of halogens is 4. The van der Waals surface area contributed by atoms with Crippen molar-refractivity contribution in [2.45, 2.75) is 38.4 Å². The van der Waals surface area contributed by atoms with Crippen LogP contribution in [0.25, 0.3) is 0 Å². The standard InChI is InChI=1S/C10H16F3NO2.ClH/c1-2-8(9(15)16)14-5-3-7(4-6-14)10(11,12)13;/h7-8H,2-6H2,1H3,(H,15,16);1H. The fourth-order valence-electron chi connectivity index (χ4n) is 2.13. The van der Waals surface area contributed by atoms with Crippen LogP contribution in [-0.2, 0) is 4.79 Å². The summed E-state index contributed by atoms with van der Waals surface area (Å²) in [6.45, 7) is 2.17. The average Bonchev–Trinajstić information content (AvgIpc) is 2.17. The van der Waals surface area contributed by atoms with Crippen LogP contribution in [0.15, 0.2) is 0 Å². The van der Waals surface area contributed by atoms with Gasteiger partial charge in [-0.05, 0) is 32.4 Å². The Morgan fingerprint density at radius 1 is 1.41 bits per heavy atom. The summed E-state index contributed by atoms with van der Waals surface area (Å²) in [7, 11) is 0. The third-order valence-electron chi connectivity index (χ3n) is 3.10. The molecule has 0 saturated carbocycles. The third-order valence-corrected chi connectivity index (χ3v) is 3.10. The van der Waals surface area contributed by atoms with Gasteiger partial charge in [-0.15, -0.1) is 12.4 Å². The van der Waals surface area contributed by atoms with Crippen LogP contribution in [0.2, 0.25) is 0 Å². The molecule has 1 fully saturated rings. The van der Waals surface area contributed by atoms with E-state index in [2.05, 4.69) is 0 Å². The maximum absolute atomic E-state index is 12.4. The summed E-state index contributed by atoms with van der Waals surface area (Å²) in [5.74, 6) is -2.22. The molecule has 0 spiro atoms. The Morgan fingerprint density at radius 2 is 1.88 bits per heavy atom. The molecule has 1 N–H and O–H groups in total. The lowest BCUT2D eigenvalue weighted by Crippen LogP contribution is -2.47. The molecule has 0 aliphatic carbocycles. The molecule has 0 radical (unpaired) electrons. The van der Waals surface area contributed by atoms with Gasteiger partial charge in [0.1, 0.15) is 6.04 Å². The first-order chi connectivity index (χ1) is 7.36. The second-order valence-corrected chi connectivity index (χ2v) is 4.11. The zero-order valence-electron chi connectivity index (χ0n) is 9.54. The van der Waals surface area contributed by atoms with Gasteiger partial charge in [0.2, 0.25) is 0 Å². The van der Waals surface area contributed by atoms with Crippen molar-refractivity contribution in [3.05, 3.63) is 0 Å². The molecule has 1 heterocycles. The average molecular weight is 276 g/mol. The Bertz CT molecular complexity index is 252. The Labute approximate surface area is 104 Å². The molecule has 0 bridgehead atoms. The Balaban J connectivity index is 0.00000256. The van der Waals surface area contributed by atoms with Crippen LogP contribution in [0.3, 0.4) is 0 Å². The first-order valence-corrected chi connectivity index (χ1v) is 5.39. The van der Waals surface area contributed by atoms with Crippen LogP contribution < -0.4 is 0 Å². The van der Waals surface area contributed by atoms with Crippen LogP contribution in [0.5, 0.6) is 0 Å². The third kappa shape index (κ3) is 4.35. The van der Waals surface area contributed by atoms with Crippen molar-refractivity contribution in [2.75, 3.05) is 13.1 Å². The fraction of sp³-hybridized carbons (Fsp3) is 0.900. The number of rotatable bonds is 3. The lowest BCUT2D eigenvalue weighted by molar-refractivity contribution is -0.186. The van der Waals surface area contributed by atoms with Gasteiger partial charge in [0.15, 0.2) is 0 Å². The quantitative estimate of drug-likeness (QED) is 0.860. The number of hydrogen-bond acceptors (Lipinski definition) is 2. The fourth-order valence-corrected chi connectivity index (χ4v) is 2.13. The minimum atomic E-state index is -4.14. The van der Waals surface area contributed by atoms with E-state index in [-0.39, 0.29) is 38.3 Å². The lowest BCUT2D eigenvalue weighted by atomic mass is 9.95. The zero-order chi connectivity index (χ0) is 12.3. The normalized spacial score (nSPS) is 20.7. The monoisotopic (exact) mass is 275 g/mol. The minimum Gasteiger partial charge on any atom is -0.480 e. The van der Waals surface area contributed by atoms with Crippen molar-refractivity contribution in [1.82, 2.24) is 4.90 Å². The summed E-state index contributed by atoms with van der Waals surface area (Å²) in [5.41, 5.74) is 0. The summed E-state index contributed by atoms with van der Waals surface area (Å²) < 4.78 is 37.1. The predicted molar refractivity (Wildman–Crippen MR) is 59.3 cm³/mol. The van der Waals surface area contributed by atoms with Crippen molar-refractivity contribution in [3.8, 4) is 0 Å². The van der Waals surface area contributed by atoms with Crippen molar-refractivity contribution >= 4 is 18.4 Å². The number of carboxylic acid groups (broad SMARTS) is 1. The number of hydrogen-bond donors (Lipinski definition) is 1. The van der Waals surface area contributed by atoms with Crippen molar-refractivity contribution in [2.24, 2.45) is 5.92 Å². The molecule has 0 aromatic rings. The molecule has 7 heteroatoms. The van der Waals surface area contributed by atoms with Crippen molar-refractivity contribution in [3.63, 3.8) is 0 Å². The predicted octanol–water partition coefficient (Wildman–Crippen LogP) is 2.55. The van der Waals surface area contributed by atoms with Gasteiger partial charge >= 0.3 is 12.1 Å². The number of carbonyl (C=O) groups is 1. The SMILES string of the molecule is CCC(C(=O)O)N1CCC(C(F)(F)F)CC1.Cl. The van der Waals surface area contributed by atoms with E-state index in [4.69, 9.17) is 5.11 Å². The molecule has 1 saturated heterocycles. The highest BCUT2D eigenvalue weighted by Gasteiger charge is 2.42. The number of piperidine rings is 1. The molecule has 1 atom stereocenters. The summed E-state index contributed by atoms with van der Waals surface area (Å²) in [5, 5.41) is 8.89. The van der Waals surface area contributed by atoms with E-state index in [9.17, 15) is 18.0 Å². The molecule has 1 aliphatic heterocycles. The smallest absolute Gasteiger partial charge is 0.391 e. The van der Waals surface area contributed by atoms with Gasteiger partial charge in [-0.25, -0.2) is 0 Å². The van der Waals surface area contributed by atoms with E-state index in [0.717, 1.165) is 0 Å². The van der Waals surface area contributed by atoms with E-state index in [1.165, 1.54) is 0 Å². The minimum absolute atomic E-state index is 0. The molecule has 17 heavy (non-hydrogen) atoms. The lowest BCUT2D eigenvalue weighted by Gasteiger charge is -2.35. The molecular formula is C10H17ClF3NO2. The first-order valence-electron chi connectivity index (χ1n) is 5.39. The highest BCUT2D eigenvalue weighted by molar-refractivity contribution is 5.85. The van der Waals surface area contributed by atoms with Crippen LogP contribution >= 0.6 is 12.4 Å². The number of carboxylic acids is 1. The van der Waals surface area contributed by atoms with E-state index in [1.807, 2.05) is 0 Å². The van der Waals surface area contributed by atoms with Gasteiger partial charge in [-0.2, -0.15) is 13.2 Å². The van der Waals surface area contributed by atoms with Crippen molar-refractivity contribution in [1.29, 1.82) is 0 Å². The molecule has 1 aliphatic rings. The molecule has 1 rings (SSSR count). The van der Waals surface area contributed by atoms with Gasteiger partial charge < -0.3 is 5.11 Å². The van der Waals surface area contributed by atoms with Crippen molar-refractivity contribution < 1.29 is 23.1 Å². The second-order valence-electron chi connectivity index (χ2n) is 4.11. The van der Waals surface area contributed by atoms with Crippen LogP contribution in [-0.4, -0.2) is 41.3 Å². The number of nitrogens with zero attached hydrogens (tertiary/aromatic N) is 1. The van der Waals surface area contributed by atoms with E-state index < -0.39 is 24.1 Å². The molecule has 3 nitrogen and oxygen atoms in total. The highest BCUT2D eigenvalue weighted by Crippen LogP contribution is 2.34. The molecule has 0 amide bonds. The summed E-state index contributed by atoms with van der Waals surface area (Å²) >= 11 is 0. The van der Waals surface area contributed by atoms with E-state index >= 15 is 0 Å². The van der Waals surface area contributed by atoms with Gasteiger partial charge in [0.25, 0.3) is 0 Å². The molecule has 1 unspecified atom stereocenters. The van der Waals surface area contributed by atoms with Gasteiger partial charge in [0, 0.05) is 0 Å². The topological polar surface area (TPSA) is 40.5 Å². The van der Waals surface area contributed by atoms with Crippen LogP contribution in [0.4, 0.5) is 13.2 Å². The zero-order valence-corrected chi connectivity index (χ0v) is 10.4. The first kappa shape index (κ1) is 16.5.